The van der Waals surface area contributed by atoms with Crippen LogP contribution in [0.2, 0.25) is 0 Å². The first-order valence-corrected chi connectivity index (χ1v) is 10.4. The average Bonchev–Trinajstić information content (AvgIpc) is 2.84. The number of carbonyl (C=O) groups is 3. The van der Waals surface area contributed by atoms with Gasteiger partial charge in [-0.3, -0.25) is 14.4 Å². The summed E-state index contributed by atoms with van der Waals surface area (Å²) < 4.78 is 0. The van der Waals surface area contributed by atoms with Crippen molar-refractivity contribution >= 4 is 17.3 Å². The molecule has 0 saturated heterocycles. The lowest BCUT2D eigenvalue weighted by molar-refractivity contribution is 0.102. The smallest absolute Gasteiger partial charge is 0.193 e. The monoisotopic (exact) mass is 418 g/mol. The van der Waals surface area contributed by atoms with Crippen LogP contribution >= 0.6 is 0 Å². The molecule has 0 N–H and O–H groups in total. The quantitative estimate of drug-likeness (QED) is 0.361. The third-order valence-corrected chi connectivity index (χ3v) is 5.45. The standard InChI is InChI=1S/C29H22O3/c1-19-3-7-21(8-4-19)27(30)23-11-15-25(16-12-23)29(32)26-17-13-24(14-18-26)28(31)22-9-5-20(2)6-10-22/h3-18H,1-2H3. The molecule has 0 spiro atoms. The predicted molar refractivity (Wildman–Crippen MR) is 126 cm³/mol. The number of aryl methyl sites for hydroxylation is 2. The highest BCUT2D eigenvalue weighted by Gasteiger charge is 2.14. The number of ketones is 3. The van der Waals surface area contributed by atoms with Gasteiger partial charge in [0.2, 0.25) is 0 Å². The Morgan fingerprint density at radius 2 is 0.500 bits per heavy atom. The Balaban J connectivity index is 1.49. The number of benzene rings is 4. The van der Waals surface area contributed by atoms with Crippen molar-refractivity contribution in [2.24, 2.45) is 0 Å². The normalized spacial score (nSPS) is 10.6. The Labute approximate surface area is 187 Å². The van der Waals surface area contributed by atoms with E-state index >= 15 is 0 Å². The topological polar surface area (TPSA) is 51.2 Å². The van der Waals surface area contributed by atoms with Crippen molar-refractivity contribution in [3.05, 3.63) is 142 Å². The van der Waals surface area contributed by atoms with Gasteiger partial charge in [0.05, 0.1) is 0 Å². The Morgan fingerprint density at radius 1 is 0.344 bits per heavy atom. The molecule has 4 rings (SSSR count). The Bertz CT molecular complexity index is 1180. The zero-order chi connectivity index (χ0) is 22.7. The SMILES string of the molecule is Cc1ccc(C(=O)c2ccc(C(=O)c3ccc(C(=O)c4ccc(C)cc4)cc3)cc2)cc1. The molecule has 156 valence electrons. The molecular formula is C29H22O3. The van der Waals surface area contributed by atoms with Crippen molar-refractivity contribution in [3.8, 4) is 0 Å². The Morgan fingerprint density at radius 3 is 0.688 bits per heavy atom. The van der Waals surface area contributed by atoms with Gasteiger partial charge in [-0.25, -0.2) is 0 Å². The highest BCUT2D eigenvalue weighted by molar-refractivity contribution is 6.13. The molecule has 3 heteroatoms. The van der Waals surface area contributed by atoms with Crippen LogP contribution in [0, 0.1) is 13.8 Å². The molecule has 0 aliphatic carbocycles. The van der Waals surface area contributed by atoms with Gasteiger partial charge in [0.15, 0.2) is 17.3 Å². The fourth-order valence-corrected chi connectivity index (χ4v) is 3.46. The minimum absolute atomic E-state index is 0.0806. The van der Waals surface area contributed by atoms with Gasteiger partial charge in [-0.1, -0.05) is 108 Å². The first-order chi connectivity index (χ1) is 15.4. The predicted octanol–water partition coefficient (Wildman–Crippen LogP) is 6.00. The molecule has 3 nitrogen and oxygen atoms in total. The maximum absolute atomic E-state index is 12.9. The molecule has 0 aliphatic rings. The maximum atomic E-state index is 12.9. The highest BCUT2D eigenvalue weighted by atomic mass is 16.1. The van der Waals surface area contributed by atoms with Crippen LogP contribution in [0.25, 0.3) is 0 Å². The fraction of sp³-hybridized carbons (Fsp3) is 0.0690. The summed E-state index contributed by atoms with van der Waals surface area (Å²) in [6.07, 6.45) is 0. The molecule has 0 unspecified atom stereocenters. The van der Waals surface area contributed by atoms with Gasteiger partial charge < -0.3 is 0 Å². The summed E-state index contributed by atoms with van der Waals surface area (Å²) in [5.74, 6) is -0.320. The van der Waals surface area contributed by atoms with Gasteiger partial charge >= 0.3 is 0 Å². The van der Waals surface area contributed by atoms with Crippen LogP contribution in [0.1, 0.15) is 58.9 Å². The van der Waals surface area contributed by atoms with E-state index in [-0.39, 0.29) is 17.3 Å². The zero-order valence-electron chi connectivity index (χ0n) is 18.0. The van der Waals surface area contributed by atoms with Crippen molar-refractivity contribution in [1.29, 1.82) is 0 Å². The molecule has 0 bridgehead atoms. The lowest BCUT2D eigenvalue weighted by atomic mass is 9.96. The van der Waals surface area contributed by atoms with E-state index in [4.69, 9.17) is 0 Å². The van der Waals surface area contributed by atoms with Crippen molar-refractivity contribution in [3.63, 3.8) is 0 Å². The second-order valence-electron chi connectivity index (χ2n) is 7.87. The van der Waals surface area contributed by atoms with E-state index in [9.17, 15) is 14.4 Å². The molecule has 4 aromatic carbocycles. The fourth-order valence-electron chi connectivity index (χ4n) is 3.46. The van der Waals surface area contributed by atoms with Gasteiger partial charge in [-0.15, -0.1) is 0 Å². The summed E-state index contributed by atoms with van der Waals surface area (Å²) in [6, 6.07) is 28.1. The van der Waals surface area contributed by atoms with Crippen molar-refractivity contribution in [2.45, 2.75) is 13.8 Å². The molecular weight excluding hydrogens is 396 g/mol. The van der Waals surface area contributed by atoms with Crippen LogP contribution in [0.5, 0.6) is 0 Å². The first kappa shape index (κ1) is 21.1. The van der Waals surface area contributed by atoms with E-state index in [0.717, 1.165) is 11.1 Å². The van der Waals surface area contributed by atoms with Crippen LogP contribution in [0.3, 0.4) is 0 Å². The second-order valence-corrected chi connectivity index (χ2v) is 7.87. The molecule has 4 aromatic rings. The average molecular weight is 418 g/mol. The molecule has 0 amide bonds. The molecule has 0 radical (unpaired) electrons. The third kappa shape index (κ3) is 4.47. The van der Waals surface area contributed by atoms with Gasteiger partial charge in [-0.05, 0) is 13.8 Å². The molecule has 0 aliphatic heterocycles. The van der Waals surface area contributed by atoms with E-state index < -0.39 is 0 Å². The minimum atomic E-state index is -0.159. The van der Waals surface area contributed by atoms with Gasteiger partial charge in [0.25, 0.3) is 0 Å². The molecule has 0 fully saturated rings. The van der Waals surface area contributed by atoms with E-state index in [1.165, 1.54) is 0 Å². The second kappa shape index (κ2) is 8.94. The molecule has 0 saturated carbocycles. The highest BCUT2D eigenvalue weighted by Crippen LogP contribution is 2.17. The molecule has 32 heavy (non-hydrogen) atoms. The van der Waals surface area contributed by atoms with Crippen LogP contribution in [-0.4, -0.2) is 17.3 Å². The minimum Gasteiger partial charge on any atom is -0.289 e. The van der Waals surface area contributed by atoms with Crippen molar-refractivity contribution in [1.82, 2.24) is 0 Å². The third-order valence-electron chi connectivity index (χ3n) is 5.45. The molecule has 0 heterocycles. The van der Waals surface area contributed by atoms with E-state index in [1.54, 1.807) is 72.8 Å². The number of hydrogen-bond donors (Lipinski definition) is 0. The first-order valence-electron chi connectivity index (χ1n) is 10.4. The van der Waals surface area contributed by atoms with Gasteiger partial charge in [0, 0.05) is 33.4 Å². The Kier molecular flexibility index (Phi) is 5.91. The van der Waals surface area contributed by atoms with Gasteiger partial charge in [-0.2, -0.15) is 0 Å². The number of hydrogen-bond acceptors (Lipinski definition) is 3. The maximum Gasteiger partial charge on any atom is 0.193 e. The summed E-state index contributed by atoms with van der Waals surface area (Å²) in [4.78, 5) is 38.1. The summed E-state index contributed by atoms with van der Waals surface area (Å²) >= 11 is 0. The van der Waals surface area contributed by atoms with Gasteiger partial charge in [0.1, 0.15) is 0 Å². The van der Waals surface area contributed by atoms with Crippen molar-refractivity contribution in [2.75, 3.05) is 0 Å². The number of rotatable bonds is 6. The summed E-state index contributed by atoms with van der Waals surface area (Å²) in [5.41, 5.74) is 5.45. The lowest BCUT2D eigenvalue weighted by Crippen LogP contribution is -2.06. The molecule has 0 atom stereocenters. The lowest BCUT2D eigenvalue weighted by Gasteiger charge is -2.06. The van der Waals surface area contributed by atoms with E-state index in [2.05, 4.69) is 0 Å². The van der Waals surface area contributed by atoms with E-state index in [0.29, 0.717) is 33.4 Å². The summed E-state index contributed by atoms with van der Waals surface area (Å²) in [7, 11) is 0. The number of carbonyl (C=O) groups excluding carboxylic acids is 3. The van der Waals surface area contributed by atoms with Crippen molar-refractivity contribution < 1.29 is 14.4 Å². The van der Waals surface area contributed by atoms with Crippen LogP contribution < -0.4 is 0 Å². The van der Waals surface area contributed by atoms with Crippen LogP contribution in [0.15, 0.2) is 97.1 Å². The molecule has 0 aromatic heterocycles. The summed E-state index contributed by atoms with van der Waals surface area (Å²) in [6.45, 7) is 3.94. The Hall–Kier alpha value is -4.11. The van der Waals surface area contributed by atoms with E-state index in [1.807, 2.05) is 38.1 Å². The largest absolute Gasteiger partial charge is 0.289 e. The van der Waals surface area contributed by atoms with Crippen LogP contribution in [0.4, 0.5) is 0 Å². The van der Waals surface area contributed by atoms with Crippen LogP contribution in [-0.2, 0) is 0 Å². The summed E-state index contributed by atoms with van der Waals surface area (Å²) in [5, 5.41) is 0. The zero-order valence-corrected chi connectivity index (χ0v) is 18.0.